The number of carbonyl (C=O) groups is 1. The van der Waals surface area contributed by atoms with Gasteiger partial charge in [-0.15, -0.1) is 0 Å². The van der Waals surface area contributed by atoms with E-state index in [4.69, 9.17) is 4.74 Å². The van der Waals surface area contributed by atoms with Crippen molar-refractivity contribution in [2.45, 2.75) is 18.9 Å². The van der Waals surface area contributed by atoms with Crippen LogP contribution in [0.5, 0.6) is 0 Å². The molecule has 1 atom stereocenters. The standard InChI is InChI=1S/C18H16O2/c19-18-16(13-15-9-5-2-6-10-15)17(20-18)12-11-14-7-3-1-4-8-14/h1-10,13,17H,11-12H2/b16-13-. The smallest absolute Gasteiger partial charge is 0.338 e. The normalized spacial score (nSPS) is 19.5. The summed E-state index contributed by atoms with van der Waals surface area (Å²) in [5, 5.41) is 0. The third-order valence-electron chi connectivity index (χ3n) is 3.49. The number of esters is 1. The van der Waals surface area contributed by atoms with Gasteiger partial charge >= 0.3 is 5.97 Å². The molecule has 1 unspecified atom stereocenters. The van der Waals surface area contributed by atoms with Gasteiger partial charge < -0.3 is 4.74 Å². The molecule has 1 saturated heterocycles. The fraction of sp³-hybridized carbons (Fsp3) is 0.167. The van der Waals surface area contributed by atoms with Gasteiger partial charge in [-0.25, -0.2) is 4.79 Å². The van der Waals surface area contributed by atoms with Crippen molar-refractivity contribution in [3.05, 3.63) is 77.4 Å². The average molecular weight is 264 g/mol. The maximum atomic E-state index is 11.6. The lowest BCUT2D eigenvalue weighted by atomic mass is 9.95. The lowest BCUT2D eigenvalue weighted by molar-refractivity contribution is -0.156. The zero-order chi connectivity index (χ0) is 13.8. The molecule has 2 nitrogen and oxygen atoms in total. The van der Waals surface area contributed by atoms with E-state index in [1.807, 2.05) is 54.6 Å². The summed E-state index contributed by atoms with van der Waals surface area (Å²) in [7, 11) is 0. The topological polar surface area (TPSA) is 26.3 Å². The van der Waals surface area contributed by atoms with Gasteiger partial charge in [0, 0.05) is 0 Å². The van der Waals surface area contributed by atoms with Gasteiger partial charge in [0.05, 0.1) is 5.57 Å². The van der Waals surface area contributed by atoms with Crippen LogP contribution in [0.1, 0.15) is 17.5 Å². The first-order valence-corrected chi connectivity index (χ1v) is 6.84. The van der Waals surface area contributed by atoms with E-state index in [9.17, 15) is 4.79 Å². The predicted molar refractivity (Wildman–Crippen MR) is 79.1 cm³/mol. The van der Waals surface area contributed by atoms with E-state index in [0.717, 1.165) is 24.0 Å². The predicted octanol–water partition coefficient (Wildman–Crippen LogP) is 3.63. The van der Waals surface area contributed by atoms with E-state index in [1.165, 1.54) is 5.56 Å². The van der Waals surface area contributed by atoms with Crippen LogP contribution in [0.25, 0.3) is 6.08 Å². The molecule has 0 radical (unpaired) electrons. The second kappa shape index (κ2) is 5.74. The third-order valence-corrected chi connectivity index (χ3v) is 3.49. The second-order valence-corrected chi connectivity index (χ2v) is 4.93. The van der Waals surface area contributed by atoms with Crippen LogP contribution < -0.4 is 0 Å². The van der Waals surface area contributed by atoms with Gasteiger partial charge in [0.15, 0.2) is 0 Å². The highest BCUT2D eigenvalue weighted by Gasteiger charge is 2.35. The summed E-state index contributed by atoms with van der Waals surface area (Å²) in [5.41, 5.74) is 3.10. The lowest BCUT2D eigenvalue weighted by Crippen LogP contribution is -2.36. The summed E-state index contributed by atoms with van der Waals surface area (Å²) in [6, 6.07) is 20.2. The number of benzene rings is 2. The number of hydrogen-bond acceptors (Lipinski definition) is 2. The molecule has 0 bridgehead atoms. The third kappa shape index (κ3) is 2.80. The van der Waals surface area contributed by atoms with E-state index in [0.29, 0.717) is 0 Å². The molecule has 0 N–H and O–H groups in total. The highest BCUT2D eigenvalue weighted by atomic mass is 16.6. The van der Waals surface area contributed by atoms with Crippen molar-refractivity contribution in [2.75, 3.05) is 0 Å². The lowest BCUT2D eigenvalue weighted by Gasteiger charge is -2.29. The summed E-state index contributed by atoms with van der Waals surface area (Å²) >= 11 is 0. The van der Waals surface area contributed by atoms with Gasteiger partial charge in [-0.3, -0.25) is 0 Å². The van der Waals surface area contributed by atoms with Crippen molar-refractivity contribution in [3.8, 4) is 0 Å². The Labute approximate surface area is 118 Å². The summed E-state index contributed by atoms with van der Waals surface area (Å²) < 4.78 is 5.24. The van der Waals surface area contributed by atoms with Gasteiger partial charge in [-0.05, 0) is 30.0 Å². The Kier molecular flexibility index (Phi) is 3.64. The van der Waals surface area contributed by atoms with Crippen LogP contribution in [-0.4, -0.2) is 12.1 Å². The Balaban J connectivity index is 1.66. The Hall–Kier alpha value is -2.35. The van der Waals surface area contributed by atoms with E-state index < -0.39 is 0 Å². The van der Waals surface area contributed by atoms with Crippen LogP contribution in [0.15, 0.2) is 66.2 Å². The molecule has 2 aromatic carbocycles. The van der Waals surface area contributed by atoms with Gasteiger partial charge in [0.1, 0.15) is 6.10 Å². The van der Waals surface area contributed by atoms with E-state index in [2.05, 4.69) is 12.1 Å². The summed E-state index contributed by atoms with van der Waals surface area (Å²) in [4.78, 5) is 11.6. The molecule has 1 aliphatic heterocycles. The molecule has 3 rings (SSSR count). The number of carbonyl (C=O) groups excluding carboxylic acids is 1. The second-order valence-electron chi connectivity index (χ2n) is 4.93. The molecule has 1 heterocycles. The van der Waals surface area contributed by atoms with Gasteiger partial charge in [0.2, 0.25) is 0 Å². The van der Waals surface area contributed by atoms with E-state index in [-0.39, 0.29) is 12.1 Å². The molecule has 0 amide bonds. The molecule has 0 saturated carbocycles. The Morgan fingerprint density at radius 1 is 0.950 bits per heavy atom. The molecule has 0 aromatic heterocycles. The minimum Gasteiger partial charge on any atom is -0.454 e. The number of cyclic esters (lactones) is 1. The summed E-state index contributed by atoms with van der Waals surface area (Å²) in [5.74, 6) is -0.188. The van der Waals surface area contributed by atoms with Crippen molar-refractivity contribution in [2.24, 2.45) is 0 Å². The maximum absolute atomic E-state index is 11.6. The maximum Gasteiger partial charge on any atom is 0.338 e. The van der Waals surface area contributed by atoms with Crippen LogP contribution in [-0.2, 0) is 16.0 Å². The Morgan fingerprint density at radius 2 is 1.60 bits per heavy atom. The fourth-order valence-electron chi connectivity index (χ4n) is 2.37. The van der Waals surface area contributed by atoms with Crippen molar-refractivity contribution >= 4 is 12.0 Å². The number of aryl methyl sites for hydroxylation is 1. The van der Waals surface area contributed by atoms with Crippen LogP contribution in [0.2, 0.25) is 0 Å². The number of rotatable bonds is 4. The van der Waals surface area contributed by atoms with Gasteiger partial charge in [-0.2, -0.15) is 0 Å². The minimum atomic E-state index is -0.188. The molecular weight excluding hydrogens is 248 g/mol. The SMILES string of the molecule is O=C1OC(CCc2ccccc2)/C1=C/c1ccccc1. The van der Waals surface area contributed by atoms with Crippen LogP contribution in [0.3, 0.4) is 0 Å². The van der Waals surface area contributed by atoms with Crippen molar-refractivity contribution < 1.29 is 9.53 Å². The van der Waals surface area contributed by atoms with E-state index in [1.54, 1.807) is 0 Å². The molecule has 2 heteroatoms. The zero-order valence-corrected chi connectivity index (χ0v) is 11.2. The molecule has 0 aliphatic carbocycles. The molecule has 2 aromatic rings. The summed E-state index contributed by atoms with van der Waals surface area (Å²) in [6.45, 7) is 0. The van der Waals surface area contributed by atoms with Crippen LogP contribution in [0, 0.1) is 0 Å². The molecule has 100 valence electrons. The monoisotopic (exact) mass is 264 g/mol. The number of hydrogen-bond donors (Lipinski definition) is 0. The highest BCUT2D eigenvalue weighted by molar-refractivity contribution is 6.00. The Bertz CT molecular complexity index is 614. The van der Waals surface area contributed by atoms with Crippen LogP contribution in [0.4, 0.5) is 0 Å². The number of ether oxygens (including phenoxy) is 1. The van der Waals surface area contributed by atoms with E-state index >= 15 is 0 Å². The molecule has 1 fully saturated rings. The van der Waals surface area contributed by atoms with Gasteiger partial charge in [-0.1, -0.05) is 60.7 Å². The van der Waals surface area contributed by atoms with Crippen molar-refractivity contribution in [1.29, 1.82) is 0 Å². The first kappa shape index (κ1) is 12.7. The Morgan fingerprint density at radius 3 is 2.25 bits per heavy atom. The quantitative estimate of drug-likeness (QED) is 0.622. The summed E-state index contributed by atoms with van der Waals surface area (Å²) in [6.07, 6.45) is 3.63. The largest absolute Gasteiger partial charge is 0.454 e. The van der Waals surface area contributed by atoms with Crippen molar-refractivity contribution in [3.63, 3.8) is 0 Å². The molecule has 0 spiro atoms. The molecule has 1 aliphatic rings. The molecular formula is C18H16O2. The van der Waals surface area contributed by atoms with Gasteiger partial charge in [0.25, 0.3) is 0 Å². The zero-order valence-electron chi connectivity index (χ0n) is 11.2. The molecule has 20 heavy (non-hydrogen) atoms. The highest BCUT2D eigenvalue weighted by Crippen LogP contribution is 2.27. The first-order valence-electron chi connectivity index (χ1n) is 6.84. The fourth-order valence-corrected chi connectivity index (χ4v) is 2.37. The minimum absolute atomic E-state index is 0.0667. The van der Waals surface area contributed by atoms with Crippen LogP contribution >= 0.6 is 0 Å². The average Bonchev–Trinajstić information content (AvgIpc) is 2.51. The first-order chi connectivity index (χ1) is 9.83. The van der Waals surface area contributed by atoms with Crippen molar-refractivity contribution in [1.82, 2.24) is 0 Å².